The molecular formula is C7H5F2N5. The molecule has 0 radical (unpaired) electrons. The molecule has 1 aromatic heterocycles. The van der Waals surface area contributed by atoms with Crippen molar-refractivity contribution in [2.24, 2.45) is 0 Å². The van der Waals surface area contributed by atoms with Gasteiger partial charge in [-0.25, -0.2) is 8.78 Å². The zero-order valence-corrected chi connectivity index (χ0v) is 6.85. The third kappa shape index (κ3) is 1.28. The number of halogens is 2. The van der Waals surface area contributed by atoms with Crippen LogP contribution in [0.15, 0.2) is 18.2 Å². The highest BCUT2D eigenvalue weighted by Crippen LogP contribution is 2.13. The maximum absolute atomic E-state index is 12.8. The fraction of sp³-hybridized carbons (Fsp3) is 0. The zero-order chi connectivity index (χ0) is 10.1. The molecule has 2 N–H and O–H groups in total. The van der Waals surface area contributed by atoms with E-state index in [0.717, 1.165) is 16.8 Å². The van der Waals surface area contributed by atoms with Crippen molar-refractivity contribution in [2.75, 3.05) is 5.73 Å². The molecular weight excluding hydrogens is 192 g/mol. The molecule has 0 aliphatic rings. The second-order valence-electron chi connectivity index (χ2n) is 2.55. The van der Waals surface area contributed by atoms with Crippen molar-refractivity contribution >= 4 is 5.95 Å². The summed E-state index contributed by atoms with van der Waals surface area (Å²) >= 11 is 0. The molecule has 0 aliphatic carbocycles. The third-order valence-electron chi connectivity index (χ3n) is 1.64. The molecule has 0 spiro atoms. The highest BCUT2D eigenvalue weighted by molar-refractivity contribution is 5.36. The fourth-order valence-electron chi connectivity index (χ4n) is 0.995. The van der Waals surface area contributed by atoms with E-state index in [1.807, 2.05) is 0 Å². The van der Waals surface area contributed by atoms with Gasteiger partial charge in [0.1, 0.15) is 0 Å². The number of hydrogen-bond acceptors (Lipinski definition) is 4. The van der Waals surface area contributed by atoms with Crippen LogP contribution in [-0.2, 0) is 0 Å². The number of aromatic nitrogens is 4. The van der Waals surface area contributed by atoms with Crippen molar-refractivity contribution in [3.8, 4) is 5.69 Å². The lowest BCUT2D eigenvalue weighted by Crippen LogP contribution is -2.03. The number of nitrogens with two attached hydrogens (primary N) is 1. The number of nitrogen functional groups attached to an aromatic ring is 1. The molecule has 5 nitrogen and oxygen atoms in total. The van der Waals surface area contributed by atoms with Gasteiger partial charge in [0.2, 0.25) is 5.95 Å². The van der Waals surface area contributed by atoms with Crippen LogP contribution in [0.5, 0.6) is 0 Å². The number of hydrogen-bond donors (Lipinski definition) is 1. The maximum Gasteiger partial charge on any atom is 0.245 e. The number of rotatable bonds is 1. The van der Waals surface area contributed by atoms with E-state index in [4.69, 9.17) is 5.73 Å². The van der Waals surface area contributed by atoms with Gasteiger partial charge in [-0.15, -0.1) is 0 Å². The Bertz CT molecular complexity index is 467. The molecule has 72 valence electrons. The predicted octanol–water partition coefficient (Wildman–Crippen LogP) is 0.523. The van der Waals surface area contributed by atoms with Crippen LogP contribution in [0.4, 0.5) is 14.7 Å². The normalized spacial score (nSPS) is 10.4. The number of benzene rings is 1. The summed E-state index contributed by atoms with van der Waals surface area (Å²) in [6.07, 6.45) is 0. The third-order valence-corrected chi connectivity index (χ3v) is 1.64. The van der Waals surface area contributed by atoms with E-state index < -0.39 is 11.6 Å². The smallest absolute Gasteiger partial charge is 0.245 e. The van der Waals surface area contributed by atoms with E-state index in [9.17, 15) is 8.78 Å². The van der Waals surface area contributed by atoms with Gasteiger partial charge in [-0.3, -0.25) is 0 Å². The van der Waals surface area contributed by atoms with Crippen LogP contribution in [0.25, 0.3) is 5.69 Å². The largest absolute Gasteiger partial charge is 0.366 e. The van der Waals surface area contributed by atoms with Crippen molar-refractivity contribution in [2.45, 2.75) is 0 Å². The lowest BCUT2D eigenvalue weighted by molar-refractivity contribution is 0.507. The Balaban J connectivity index is 2.53. The molecule has 0 fully saturated rings. The Morgan fingerprint density at radius 2 is 2.00 bits per heavy atom. The lowest BCUT2D eigenvalue weighted by Gasteiger charge is -2.00. The SMILES string of the molecule is Nc1nnnn1-c1ccc(F)c(F)c1. The van der Waals surface area contributed by atoms with Crippen LogP contribution >= 0.6 is 0 Å². The van der Waals surface area contributed by atoms with Crippen molar-refractivity contribution in [3.63, 3.8) is 0 Å². The van der Waals surface area contributed by atoms with Crippen molar-refractivity contribution in [1.82, 2.24) is 20.2 Å². The molecule has 0 saturated carbocycles. The van der Waals surface area contributed by atoms with Crippen molar-refractivity contribution in [1.29, 1.82) is 0 Å². The first kappa shape index (κ1) is 8.54. The van der Waals surface area contributed by atoms with E-state index in [2.05, 4.69) is 15.5 Å². The van der Waals surface area contributed by atoms with E-state index in [-0.39, 0.29) is 11.6 Å². The molecule has 0 atom stereocenters. The van der Waals surface area contributed by atoms with Crippen LogP contribution in [0, 0.1) is 11.6 Å². The topological polar surface area (TPSA) is 69.6 Å². The van der Waals surface area contributed by atoms with Crippen LogP contribution in [0.1, 0.15) is 0 Å². The summed E-state index contributed by atoms with van der Waals surface area (Å²) < 4.78 is 26.5. The summed E-state index contributed by atoms with van der Waals surface area (Å²) in [5.41, 5.74) is 5.64. The molecule has 14 heavy (non-hydrogen) atoms. The Hall–Kier alpha value is -2.05. The van der Waals surface area contributed by atoms with Crippen LogP contribution < -0.4 is 5.73 Å². The average molecular weight is 197 g/mol. The van der Waals surface area contributed by atoms with Gasteiger partial charge >= 0.3 is 0 Å². The van der Waals surface area contributed by atoms with Gasteiger partial charge in [0.25, 0.3) is 0 Å². The van der Waals surface area contributed by atoms with Gasteiger partial charge in [0.15, 0.2) is 11.6 Å². The second kappa shape index (κ2) is 3.02. The minimum atomic E-state index is -0.975. The van der Waals surface area contributed by atoms with E-state index in [1.165, 1.54) is 6.07 Å². The average Bonchev–Trinajstić information content (AvgIpc) is 2.57. The predicted molar refractivity (Wildman–Crippen MR) is 43.5 cm³/mol. The first-order chi connectivity index (χ1) is 6.68. The second-order valence-corrected chi connectivity index (χ2v) is 2.55. The van der Waals surface area contributed by atoms with Crippen molar-refractivity contribution in [3.05, 3.63) is 29.8 Å². The van der Waals surface area contributed by atoms with Gasteiger partial charge in [-0.2, -0.15) is 4.68 Å². The van der Waals surface area contributed by atoms with E-state index in [1.54, 1.807) is 0 Å². The first-order valence-corrected chi connectivity index (χ1v) is 3.68. The van der Waals surface area contributed by atoms with Gasteiger partial charge in [-0.1, -0.05) is 5.10 Å². The Morgan fingerprint density at radius 3 is 2.57 bits per heavy atom. The molecule has 0 saturated heterocycles. The Labute approximate surface area is 77.1 Å². The molecule has 2 rings (SSSR count). The summed E-state index contributed by atoms with van der Waals surface area (Å²) in [4.78, 5) is 0. The summed E-state index contributed by atoms with van der Waals surface area (Å²) in [5, 5.41) is 10.2. The van der Waals surface area contributed by atoms with Gasteiger partial charge in [0, 0.05) is 6.07 Å². The molecule has 0 unspecified atom stereocenters. The number of tetrazole rings is 1. The lowest BCUT2D eigenvalue weighted by atomic mass is 10.3. The van der Waals surface area contributed by atoms with E-state index in [0.29, 0.717) is 0 Å². The molecule has 7 heteroatoms. The minimum absolute atomic E-state index is 0.0102. The van der Waals surface area contributed by atoms with E-state index >= 15 is 0 Å². The van der Waals surface area contributed by atoms with Crippen LogP contribution in [0.3, 0.4) is 0 Å². The number of anilines is 1. The quantitative estimate of drug-likeness (QED) is 0.723. The minimum Gasteiger partial charge on any atom is -0.366 e. The fourth-order valence-corrected chi connectivity index (χ4v) is 0.995. The first-order valence-electron chi connectivity index (χ1n) is 3.68. The maximum atomic E-state index is 12.8. The van der Waals surface area contributed by atoms with Gasteiger partial charge in [0.05, 0.1) is 5.69 Å². The summed E-state index contributed by atoms with van der Waals surface area (Å²) in [6.45, 7) is 0. The van der Waals surface area contributed by atoms with Crippen LogP contribution in [0.2, 0.25) is 0 Å². The van der Waals surface area contributed by atoms with Gasteiger partial charge in [-0.05, 0) is 22.6 Å². The summed E-state index contributed by atoms with van der Waals surface area (Å²) in [7, 11) is 0. The molecule has 1 aromatic carbocycles. The molecule has 2 aromatic rings. The Morgan fingerprint density at radius 1 is 1.21 bits per heavy atom. The molecule has 0 amide bonds. The summed E-state index contributed by atoms with van der Waals surface area (Å²) in [6, 6.07) is 3.26. The zero-order valence-electron chi connectivity index (χ0n) is 6.85. The highest BCUT2D eigenvalue weighted by Gasteiger charge is 2.07. The molecule has 0 aliphatic heterocycles. The van der Waals surface area contributed by atoms with Crippen molar-refractivity contribution < 1.29 is 8.78 Å². The standard InChI is InChI=1S/C7H5F2N5/c8-5-2-1-4(3-6(5)9)14-7(10)11-12-13-14/h1-3H,(H2,10,11,13). The van der Waals surface area contributed by atoms with Crippen LogP contribution in [-0.4, -0.2) is 20.2 Å². The molecule has 1 heterocycles. The Kier molecular flexibility index (Phi) is 1.84. The van der Waals surface area contributed by atoms with Gasteiger partial charge < -0.3 is 5.73 Å². The summed E-state index contributed by atoms with van der Waals surface area (Å²) in [5.74, 6) is -1.89. The monoisotopic (exact) mass is 197 g/mol. The number of nitrogens with zero attached hydrogens (tertiary/aromatic N) is 4. The molecule has 0 bridgehead atoms. The highest BCUT2D eigenvalue weighted by atomic mass is 19.2.